The number of H-pyrrole nitrogens is 1. The summed E-state index contributed by atoms with van der Waals surface area (Å²) < 4.78 is 2.61. The Kier molecular flexibility index (Phi) is 2.62. The van der Waals surface area contributed by atoms with E-state index in [1.54, 1.807) is 0 Å². The topological polar surface area (TPSA) is 46.0 Å². The van der Waals surface area contributed by atoms with Gasteiger partial charge in [0.25, 0.3) is 0 Å². The van der Waals surface area contributed by atoms with Crippen LogP contribution >= 0.6 is 12.2 Å². The minimum Gasteiger partial charge on any atom is -0.342 e. The SMILES string of the molecule is Cc1ccc(-c2nnc3c(=S)[nH]c4ccccc4n23)cc1. The minimum absolute atomic E-state index is 0.597. The van der Waals surface area contributed by atoms with E-state index in [2.05, 4.69) is 46.4 Å². The lowest BCUT2D eigenvalue weighted by Crippen LogP contribution is -1.95. The highest BCUT2D eigenvalue weighted by Gasteiger charge is 2.12. The van der Waals surface area contributed by atoms with Crippen LogP contribution in [0.3, 0.4) is 0 Å². The van der Waals surface area contributed by atoms with Gasteiger partial charge in [0, 0.05) is 5.56 Å². The van der Waals surface area contributed by atoms with Crippen LogP contribution < -0.4 is 0 Å². The molecule has 4 rings (SSSR count). The zero-order valence-corrected chi connectivity index (χ0v) is 12.2. The van der Waals surface area contributed by atoms with Gasteiger partial charge < -0.3 is 4.98 Å². The first kappa shape index (κ1) is 12.2. The van der Waals surface area contributed by atoms with E-state index in [0.717, 1.165) is 22.4 Å². The van der Waals surface area contributed by atoms with Gasteiger partial charge in [-0.15, -0.1) is 10.2 Å². The average molecular weight is 292 g/mol. The van der Waals surface area contributed by atoms with E-state index in [1.165, 1.54) is 5.56 Å². The molecule has 0 spiro atoms. The third kappa shape index (κ3) is 1.86. The van der Waals surface area contributed by atoms with Crippen molar-refractivity contribution in [2.24, 2.45) is 0 Å². The molecule has 2 heterocycles. The summed E-state index contributed by atoms with van der Waals surface area (Å²) in [5.74, 6) is 0.807. The van der Waals surface area contributed by atoms with Crippen LogP contribution in [0, 0.1) is 11.6 Å². The monoisotopic (exact) mass is 292 g/mol. The van der Waals surface area contributed by atoms with Crippen LogP contribution in [0.4, 0.5) is 0 Å². The molecule has 0 radical (unpaired) electrons. The Hall–Kier alpha value is -2.53. The van der Waals surface area contributed by atoms with Gasteiger partial charge in [-0.1, -0.05) is 54.2 Å². The summed E-state index contributed by atoms with van der Waals surface area (Å²) in [6.07, 6.45) is 0. The molecule has 2 aromatic carbocycles. The van der Waals surface area contributed by atoms with Crippen molar-refractivity contribution in [3.8, 4) is 11.4 Å². The van der Waals surface area contributed by atoms with E-state index in [-0.39, 0.29) is 0 Å². The van der Waals surface area contributed by atoms with Crippen molar-refractivity contribution in [2.45, 2.75) is 6.92 Å². The Bertz CT molecular complexity index is 1010. The van der Waals surface area contributed by atoms with Crippen LogP contribution in [-0.2, 0) is 0 Å². The molecular weight excluding hydrogens is 280 g/mol. The molecule has 21 heavy (non-hydrogen) atoms. The molecule has 0 aliphatic heterocycles. The normalized spacial score (nSPS) is 11.3. The van der Waals surface area contributed by atoms with Gasteiger partial charge in [0.1, 0.15) is 4.64 Å². The number of benzene rings is 2. The number of nitrogens with zero attached hydrogens (tertiary/aromatic N) is 3. The molecule has 5 heteroatoms. The van der Waals surface area contributed by atoms with Crippen LogP contribution in [0.15, 0.2) is 48.5 Å². The summed E-state index contributed by atoms with van der Waals surface area (Å²) in [6.45, 7) is 2.07. The van der Waals surface area contributed by atoms with Crippen LogP contribution in [-0.4, -0.2) is 19.6 Å². The number of nitrogens with one attached hydrogen (secondary N) is 1. The molecule has 4 nitrogen and oxygen atoms in total. The summed E-state index contributed by atoms with van der Waals surface area (Å²) in [6, 6.07) is 16.3. The molecule has 0 saturated carbocycles. The van der Waals surface area contributed by atoms with E-state index in [9.17, 15) is 0 Å². The number of hydrogen-bond donors (Lipinski definition) is 1. The smallest absolute Gasteiger partial charge is 0.196 e. The van der Waals surface area contributed by atoms with E-state index >= 15 is 0 Å². The maximum absolute atomic E-state index is 5.39. The first-order chi connectivity index (χ1) is 10.2. The zero-order chi connectivity index (χ0) is 14.4. The summed E-state index contributed by atoms with van der Waals surface area (Å²) in [5.41, 5.74) is 4.91. The quantitative estimate of drug-likeness (QED) is 0.541. The zero-order valence-electron chi connectivity index (χ0n) is 11.4. The summed E-state index contributed by atoms with van der Waals surface area (Å²) in [4.78, 5) is 3.20. The molecule has 2 aromatic heterocycles. The van der Waals surface area contributed by atoms with Gasteiger partial charge in [-0.25, -0.2) is 0 Å². The van der Waals surface area contributed by atoms with Crippen molar-refractivity contribution in [1.82, 2.24) is 19.6 Å². The molecule has 0 bridgehead atoms. The third-order valence-electron chi connectivity index (χ3n) is 3.57. The standard InChI is InChI=1S/C16H12N4S/c1-10-6-8-11(9-7-10)14-18-19-15-16(21)17-12-4-2-3-5-13(12)20(14)15/h2-9H,1H3,(H,17,21). The second kappa shape index (κ2) is 4.49. The average Bonchev–Trinajstić information content (AvgIpc) is 2.94. The lowest BCUT2D eigenvalue weighted by molar-refractivity contribution is 1.11. The summed E-state index contributed by atoms with van der Waals surface area (Å²) in [5, 5.41) is 8.58. The lowest BCUT2D eigenvalue weighted by atomic mass is 10.1. The predicted octanol–water partition coefficient (Wildman–Crippen LogP) is 3.92. The van der Waals surface area contributed by atoms with Gasteiger partial charge in [-0.2, -0.15) is 0 Å². The lowest BCUT2D eigenvalue weighted by Gasteiger charge is -2.05. The first-order valence-electron chi connectivity index (χ1n) is 6.67. The molecular formula is C16H12N4S. The molecule has 0 aliphatic carbocycles. The number of aromatic amines is 1. The van der Waals surface area contributed by atoms with Crippen molar-refractivity contribution in [2.75, 3.05) is 0 Å². The highest BCUT2D eigenvalue weighted by Crippen LogP contribution is 2.23. The van der Waals surface area contributed by atoms with E-state index < -0.39 is 0 Å². The first-order valence-corrected chi connectivity index (χ1v) is 7.08. The van der Waals surface area contributed by atoms with Gasteiger partial charge in [0.15, 0.2) is 11.5 Å². The highest BCUT2D eigenvalue weighted by molar-refractivity contribution is 7.71. The molecule has 0 atom stereocenters. The number of aromatic nitrogens is 4. The summed E-state index contributed by atoms with van der Waals surface area (Å²) >= 11 is 5.39. The van der Waals surface area contributed by atoms with Crippen LogP contribution in [0.2, 0.25) is 0 Å². The Morgan fingerprint density at radius 3 is 2.57 bits per heavy atom. The summed E-state index contributed by atoms with van der Waals surface area (Å²) in [7, 11) is 0. The molecule has 0 amide bonds. The predicted molar refractivity (Wildman–Crippen MR) is 85.9 cm³/mol. The van der Waals surface area contributed by atoms with E-state index in [0.29, 0.717) is 10.3 Å². The van der Waals surface area contributed by atoms with Crippen molar-refractivity contribution in [1.29, 1.82) is 0 Å². The van der Waals surface area contributed by atoms with Gasteiger partial charge in [-0.3, -0.25) is 4.40 Å². The van der Waals surface area contributed by atoms with E-state index in [4.69, 9.17) is 12.2 Å². The van der Waals surface area contributed by atoms with Gasteiger partial charge >= 0.3 is 0 Å². The third-order valence-corrected chi connectivity index (χ3v) is 3.85. The number of hydrogen-bond acceptors (Lipinski definition) is 3. The fourth-order valence-corrected chi connectivity index (χ4v) is 2.74. The van der Waals surface area contributed by atoms with E-state index in [1.807, 2.05) is 28.7 Å². The maximum Gasteiger partial charge on any atom is 0.196 e. The molecule has 0 saturated heterocycles. The fraction of sp³-hybridized carbons (Fsp3) is 0.0625. The molecule has 102 valence electrons. The second-order valence-corrected chi connectivity index (χ2v) is 5.43. The number of para-hydroxylation sites is 2. The van der Waals surface area contributed by atoms with Gasteiger partial charge in [0.05, 0.1) is 11.0 Å². The molecule has 1 N–H and O–H groups in total. The van der Waals surface area contributed by atoms with Crippen LogP contribution in [0.1, 0.15) is 5.56 Å². The Labute approximate surface area is 126 Å². The maximum atomic E-state index is 5.39. The second-order valence-electron chi connectivity index (χ2n) is 5.02. The van der Waals surface area contributed by atoms with Gasteiger partial charge in [-0.05, 0) is 19.1 Å². The van der Waals surface area contributed by atoms with Crippen LogP contribution in [0.5, 0.6) is 0 Å². The Morgan fingerprint density at radius 2 is 1.76 bits per heavy atom. The minimum atomic E-state index is 0.597. The number of rotatable bonds is 1. The molecule has 0 fully saturated rings. The largest absolute Gasteiger partial charge is 0.342 e. The molecule has 0 unspecified atom stereocenters. The Balaban J connectivity index is 2.15. The molecule has 0 aliphatic rings. The highest BCUT2D eigenvalue weighted by atomic mass is 32.1. The van der Waals surface area contributed by atoms with Crippen molar-refractivity contribution in [3.05, 3.63) is 58.7 Å². The number of fused-ring (bicyclic) bond motifs is 3. The molecule has 4 aromatic rings. The van der Waals surface area contributed by atoms with Crippen LogP contribution in [0.25, 0.3) is 28.1 Å². The van der Waals surface area contributed by atoms with Crippen molar-refractivity contribution >= 4 is 28.9 Å². The number of aryl methyl sites for hydroxylation is 1. The Morgan fingerprint density at radius 1 is 1.00 bits per heavy atom. The fourth-order valence-electron chi connectivity index (χ4n) is 2.50. The van der Waals surface area contributed by atoms with Gasteiger partial charge in [0.2, 0.25) is 0 Å². The van der Waals surface area contributed by atoms with Crippen molar-refractivity contribution in [3.63, 3.8) is 0 Å². The van der Waals surface area contributed by atoms with Crippen molar-refractivity contribution < 1.29 is 0 Å².